The normalized spacial score (nSPS) is 12.6. The Morgan fingerprint density at radius 1 is 1.24 bits per heavy atom. The molecular weight excluding hydrogens is 224 g/mol. The lowest BCUT2D eigenvalue weighted by Crippen LogP contribution is -2.34. The molecule has 2 N–H and O–H groups in total. The molecule has 0 spiro atoms. The van der Waals surface area contributed by atoms with Crippen molar-refractivity contribution in [2.45, 2.75) is 38.7 Å². The number of rotatable bonds is 4. The van der Waals surface area contributed by atoms with E-state index in [0.29, 0.717) is 6.42 Å². The third-order valence-electron chi connectivity index (χ3n) is 2.40. The maximum atomic E-state index is 13.4. The van der Waals surface area contributed by atoms with Crippen LogP contribution in [0.25, 0.3) is 0 Å². The number of hydrogen-bond acceptors (Lipinski definition) is 2. The molecule has 0 saturated heterocycles. The minimum absolute atomic E-state index is 0.0956. The van der Waals surface area contributed by atoms with Crippen molar-refractivity contribution in [2.24, 2.45) is 5.73 Å². The van der Waals surface area contributed by atoms with E-state index in [1.807, 2.05) is 13.8 Å². The van der Waals surface area contributed by atoms with Crippen LogP contribution >= 0.6 is 0 Å². The van der Waals surface area contributed by atoms with E-state index in [9.17, 15) is 8.78 Å². The van der Waals surface area contributed by atoms with Crippen LogP contribution in [0.15, 0.2) is 18.2 Å². The zero-order chi connectivity index (χ0) is 13.3. The van der Waals surface area contributed by atoms with Gasteiger partial charge in [0.05, 0.1) is 12.7 Å². The van der Waals surface area contributed by atoms with E-state index in [0.717, 1.165) is 12.5 Å². The topological polar surface area (TPSA) is 35.2 Å². The zero-order valence-corrected chi connectivity index (χ0v) is 10.7. The van der Waals surface area contributed by atoms with Crippen LogP contribution in [0.2, 0.25) is 0 Å². The van der Waals surface area contributed by atoms with Gasteiger partial charge in [0, 0.05) is 12.5 Å². The highest BCUT2D eigenvalue weighted by molar-refractivity contribution is 5.40. The van der Waals surface area contributed by atoms with Crippen LogP contribution in [0, 0.1) is 0 Å². The molecule has 17 heavy (non-hydrogen) atoms. The van der Waals surface area contributed by atoms with Crippen LogP contribution in [0.5, 0.6) is 5.75 Å². The van der Waals surface area contributed by atoms with E-state index < -0.39 is 11.5 Å². The van der Waals surface area contributed by atoms with Crippen molar-refractivity contribution in [3.63, 3.8) is 0 Å². The van der Waals surface area contributed by atoms with Crippen LogP contribution in [-0.4, -0.2) is 12.6 Å². The summed E-state index contributed by atoms with van der Waals surface area (Å²) in [6.07, 6.45) is 0.542. The number of alkyl halides is 2. The van der Waals surface area contributed by atoms with Gasteiger partial charge in [-0.1, -0.05) is 6.07 Å². The lowest BCUT2D eigenvalue weighted by Gasteiger charge is -2.21. The van der Waals surface area contributed by atoms with Crippen molar-refractivity contribution in [3.8, 4) is 5.75 Å². The Hall–Kier alpha value is -1.16. The molecule has 0 aliphatic carbocycles. The van der Waals surface area contributed by atoms with Crippen molar-refractivity contribution < 1.29 is 13.5 Å². The molecule has 1 rings (SSSR count). The maximum Gasteiger partial charge on any atom is 0.274 e. The molecular formula is C13H19F2NO. The van der Waals surface area contributed by atoms with E-state index in [4.69, 9.17) is 10.5 Å². The Morgan fingerprint density at radius 2 is 1.82 bits per heavy atom. The van der Waals surface area contributed by atoms with Gasteiger partial charge in [0.25, 0.3) is 5.92 Å². The SMILES string of the molecule is COc1ccc(CC(C)(C)N)cc1C(C)(F)F. The molecule has 0 radical (unpaired) electrons. The Balaban J connectivity index is 3.14. The number of ether oxygens (including phenoxy) is 1. The average molecular weight is 243 g/mol. The number of benzene rings is 1. The van der Waals surface area contributed by atoms with E-state index >= 15 is 0 Å². The predicted molar refractivity (Wildman–Crippen MR) is 64.5 cm³/mol. The molecule has 0 heterocycles. The van der Waals surface area contributed by atoms with E-state index in [1.165, 1.54) is 13.2 Å². The van der Waals surface area contributed by atoms with Crippen molar-refractivity contribution in [1.82, 2.24) is 0 Å². The summed E-state index contributed by atoms with van der Waals surface area (Å²) >= 11 is 0. The average Bonchev–Trinajstić information content (AvgIpc) is 2.13. The molecule has 0 aliphatic rings. The maximum absolute atomic E-state index is 13.4. The van der Waals surface area contributed by atoms with Crippen LogP contribution in [0.3, 0.4) is 0 Å². The Kier molecular flexibility index (Phi) is 3.77. The van der Waals surface area contributed by atoms with Crippen molar-refractivity contribution in [3.05, 3.63) is 29.3 Å². The first-order valence-corrected chi connectivity index (χ1v) is 5.47. The second-order valence-electron chi connectivity index (χ2n) is 5.09. The Labute approximate surface area is 101 Å². The molecule has 0 saturated carbocycles. The predicted octanol–water partition coefficient (Wildman–Crippen LogP) is 3.09. The zero-order valence-electron chi connectivity index (χ0n) is 10.7. The van der Waals surface area contributed by atoms with Crippen molar-refractivity contribution in [2.75, 3.05) is 7.11 Å². The summed E-state index contributed by atoms with van der Waals surface area (Å²) in [7, 11) is 1.39. The van der Waals surface area contributed by atoms with Gasteiger partial charge in [0.15, 0.2) is 0 Å². The van der Waals surface area contributed by atoms with Crippen LogP contribution < -0.4 is 10.5 Å². The number of methoxy groups -OCH3 is 1. The molecule has 0 unspecified atom stereocenters. The second kappa shape index (κ2) is 4.61. The molecule has 0 aromatic heterocycles. The van der Waals surface area contributed by atoms with E-state index in [1.54, 1.807) is 12.1 Å². The lowest BCUT2D eigenvalue weighted by molar-refractivity contribution is 0.0150. The monoisotopic (exact) mass is 243 g/mol. The molecule has 4 heteroatoms. The summed E-state index contributed by atoms with van der Waals surface area (Å²) < 4.78 is 31.8. The van der Waals surface area contributed by atoms with Crippen molar-refractivity contribution >= 4 is 0 Å². The molecule has 1 aromatic carbocycles. The fourth-order valence-corrected chi connectivity index (χ4v) is 1.73. The molecule has 96 valence electrons. The highest BCUT2D eigenvalue weighted by Crippen LogP contribution is 2.35. The molecule has 0 fully saturated rings. The summed E-state index contributed by atoms with van der Waals surface area (Å²) in [6, 6.07) is 4.80. The molecule has 0 atom stereocenters. The summed E-state index contributed by atoms with van der Waals surface area (Å²) in [5.41, 5.74) is 6.15. The summed E-state index contributed by atoms with van der Waals surface area (Å²) in [5.74, 6) is -2.71. The molecule has 0 aliphatic heterocycles. The smallest absolute Gasteiger partial charge is 0.274 e. The Bertz CT molecular complexity index is 391. The largest absolute Gasteiger partial charge is 0.496 e. The fourth-order valence-electron chi connectivity index (χ4n) is 1.73. The van der Waals surface area contributed by atoms with E-state index in [-0.39, 0.29) is 11.3 Å². The third-order valence-corrected chi connectivity index (χ3v) is 2.40. The van der Waals surface area contributed by atoms with Gasteiger partial charge in [0.2, 0.25) is 0 Å². The van der Waals surface area contributed by atoms with Gasteiger partial charge >= 0.3 is 0 Å². The lowest BCUT2D eigenvalue weighted by atomic mass is 9.94. The first-order valence-electron chi connectivity index (χ1n) is 5.47. The summed E-state index contributed by atoms with van der Waals surface area (Å²) in [5, 5.41) is 0. The summed E-state index contributed by atoms with van der Waals surface area (Å²) in [6.45, 7) is 4.59. The third kappa shape index (κ3) is 3.97. The molecule has 0 amide bonds. The minimum atomic E-state index is -2.92. The van der Waals surface area contributed by atoms with Gasteiger partial charge in [-0.05, 0) is 38.0 Å². The molecule has 0 bridgehead atoms. The van der Waals surface area contributed by atoms with Crippen LogP contribution in [-0.2, 0) is 12.3 Å². The van der Waals surface area contributed by atoms with Crippen LogP contribution in [0.4, 0.5) is 8.78 Å². The first kappa shape index (κ1) is 13.9. The minimum Gasteiger partial charge on any atom is -0.496 e. The molecule has 2 nitrogen and oxygen atoms in total. The van der Waals surface area contributed by atoms with Gasteiger partial charge < -0.3 is 10.5 Å². The van der Waals surface area contributed by atoms with Gasteiger partial charge in [-0.2, -0.15) is 0 Å². The van der Waals surface area contributed by atoms with Gasteiger partial charge in [-0.3, -0.25) is 0 Å². The number of nitrogens with two attached hydrogens (primary N) is 1. The van der Waals surface area contributed by atoms with Gasteiger partial charge in [0.1, 0.15) is 5.75 Å². The standard InChI is InChI=1S/C13H19F2NO/c1-12(2,16)8-9-5-6-11(17-4)10(7-9)13(3,14)15/h5-7H,8,16H2,1-4H3. The van der Waals surface area contributed by atoms with E-state index in [2.05, 4.69) is 0 Å². The highest BCUT2D eigenvalue weighted by atomic mass is 19.3. The van der Waals surface area contributed by atoms with Crippen LogP contribution in [0.1, 0.15) is 31.9 Å². The number of hydrogen-bond donors (Lipinski definition) is 1. The quantitative estimate of drug-likeness (QED) is 0.882. The van der Waals surface area contributed by atoms with Gasteiger partial charge in [-0.15, -0.1) is 0 Å². The molecule has 1 aromatic rings. The van der Waals surface area contributed by atoms with Crippen molar-refractivity contribution in [1.29, 1.82) is 0 Å². The number of halogens is 2. The Morgan fingerprint density at radius 3 is 2.24 bits per heavy atom. The second-order valence-corrected chi connectivity index (χ2v) is 5.09. The fraction of sp³-hybridized carbons (Fsp3) is 0.538. The van der Waals surface area contributed by atoms with Gasteiger partial charge in [-0.25, -0.2) is 8.78 Å². The summed E-state index contributed by atoms with van der Waals surface area (Å²) in [4.78, 5) is 0. The highest BCUT2D eigenvalue weighted by Gasteiger charge is 2.29. The first-order chi connectivity index (χ1) is 7.63.